The van der Waals surface area contributed by atoms with Gasteiger partial charge in [-0.1, -0.05) is 0 Å². The summed E-state index contributed by atoms with van der Waals surface area (Å²) in [6.07, 6.45) is 10.3. The molecule has 0 atom stereocenters. The Balaban J connectivity index is 1.13. The highest BCUT2D eigenvalue weighted by Crippen LogP contribution is 2.42. The van der Waals surface area contributed by atoms with Crippen molar-refractivity contribution in [3.8, 4) is 0 Å². The van der Waals surface area contributed by atoms with Crippen LogP contribution in [-0.4, -0.2) is 88.6 Å². The maximum absolute atomic E-state index is 11.9. The molecule has 0 amide bonds. The third kappa shape index (κ3) is 6.03. The lowest BCUT2D eigenvalue weighted by Gasteiger charge is -2.39. The molecule has 42 heavy (non-hydrogen) atoms. The number of nitrogens with zero attached hydrogens (tertiary/aromatic N) is 5. The molecular weight excluding hydrogens is 574 g/mol. The van der Waals surface area contributed by atoms with Gasteiger partial charge in [0, 0.05) is 42.7 Å². The zero-order valence-electron chi connectivity index (χ0n) is 24.5. The molecule has 11 nitrogen and oxygen atoms in total. The first-order valence-corrected chi connectivity index (χ1v) is 17.9. The van der Waals surface area contributed by atoms with Gasteiger partial charge < -0.3 is 20.1 Å². The number of rotatable bonds is 6. The number of anilines is 3. The number of hydrogen-bond acceptors (Lipinski definition) is 11. The van der Waals surface area contributed by atoms with Crippen LogP contribution < -0.4 is 10.6 Å². The molecule has 1 saturated carbocycles. The first-order chi connectivity index (χ1) is 20.2. The number of sulfone groups is 1. The molecule has 1 aliphatic carbocycles. The second-order valence-corrected chi connectivity index (χ2v) is 16.2. The normalized spacial score (nSPS) is 26.6. The van der Waals surface area contributed by atoms with Crippen LogP contribution in [0.25, 0.3) is 10.2 Å². The van der Waals surface area contributed by atoms with Gasteiger partial charge in [0.2, 0.25) is 5.95 Å². The summed E-state index contributed by atoms with van der Waals surface area (Å²) in [5, 5.41) is 12.9. The van der Waals surface area contributed by atoms with Crippen molar-refractivity contribution in [2.75, 3.05) is 48.4 Å². The molecule has 0 radical (unpaired) electrons. The van der Waals surface area contributed by atoms with Gasteiger partial charge in [0.05, 0.1) is 60.2 Å². The molecule has 228 valence electrons. The predicted octanol–water partition coefficient (Wildman–Crippen LogP) is 4.29. The predicted molar refractivity (Wildman–Crippen MR) is 164 cm³/mol. The van der Waals surface area contributed by atoms with Gasteiger partial charge in [0.15, 0.2) is 0 Å². The molecule has 3 aliphatic heterocycles. The van der Waals surface area contributed by atoms with Crippen molar-refractivity contribution in [1.82, 2.24) is 24.6 Å². The van der Waals surface area contributed by atoms with Gasteiger partial charge in [0.25, 0.3) is 0 Å². The van der Waals surface area contributed by atoms with E-state index in [9.17, 15) is 8.42 Å². The maximum Gasteiger partial charge on any atom is 0.230 e. The Hall–Kier alpha value is -2.32. The van der Waals surface area contributed by atoms with Gasteiger partial charge in [-0.3, -0.25) is 9.58 Å². The Kier molecular flexibility index (Phi) is 7.66. The minimum absolute atomic E-state index is 0.0877. The van der Waals surface area contributed by atoms with Crippen molar-refractivity contribution in [3.05, 3.63) is 22.8 Å². The van der Waals surface area contributed by atoms with Gasteiger partial charge in [-0.25, -0.2) is 13.4 Å². The molecule has 4 aliphatic rings. The lowest BCUT2D eigenvalue weighted by molar-refractivity contribution is -0.0379. The first-order valence-electron chi connectivity index (χ1n) is 15.3. The van der Waals surface area contributed by atoms with Gasteiger partial charge in [-0.05, 0) is 57.9 Å². The summed E-state index contributed by atoms with van der Waals surface area (Å²) in [6, 6.07) is 1.09. The number of fused-ring (bicyclic) bond motifs is 3. The second kappa shape index (κ2) is 11.3. The van der Waals surface area contributed by atoms with Crippen molar-refractivity contribution >= 4 is 48.8 Å². The van der Waals surface area contributed by atoms with E-state index in [1.807, 2.05) is 10.9 Å². The van der Waals surface area contributed by atoms with E-state index in [0.717, 1.165) is 67.3 Å². The Morgan fingerprint density at radius 2 is 1.79 bits per heavy atom. The summed E-state index contributed by atoms with van der Waals surface area (Å²) in [6.45, 7) is 8.67. The van der Waals surface area contributed by atoms with E-state index < -0.39 is 9.84 Å². The largest absolute Gasteiger partial charge is 0.379 e. The standard InChI is InChI=1S/C29H41N7O4S2/c1-29(2)15-23-24(18-40-29)41-27-25(23)26(31-19-3-5-21(6-4-19)35-9-11-39-12-10-35)33-28(34-27)32-20-16-30-36(17-20)22-7-13-42(37,38)14-8-22/h16-17,19,21-22H,3-15,18H2,1-2H3,(H2,31,32,33,34). The van der Waals surface area contributed by atoms with Crippen molar-refractivity contribution in [2.45, 2.75) is 89.1 Å². The van der Waals surface area contributed by atoms with Crippen LogP contribution in [0.3, 0.4) is 0 Å². The Labute approximate surface area is 251 Å². The average molecular weight is 616 g/mol. The maximum atomic E-state index is 11.9. The number of nitrogens with one attached hydrogen (secondary N) is 2. The molecule has 13 heteroatoms. The molecule has 2 saturated heterocycles. The minimum Gasteiger partial charge on any atom is -0.379 e. The number of ether oxygens (including phenoxy) is 2. The van der Waals surface area contributed by atoms with Crippen LogP contribution in [0.2, 0.25) is 0 Å². The third-order valence-corrected chi connectivity index (χ3v) is 12.1. The van der Waals surface area contributed by atoms with Crippen molar-refractivity contribution in [2.24, 2.45) is 0 Å². The van der Waals surface area contributed by atoms with Gasteiger partial charge in [0.1, 0.15) is 20.5 Å². The highest BCUT2D eigenvalue weighted by atomic mass is 32.2. The van der Waals surface area contributed by atoms with Gasteiger partial charge in [-0.2, -0.15) is 10.1 Å². The lowest BCUT2D eigenvalue weighted by Crippen LogP contribution is -2.46. The summed E-state index contributed by atoms with van der Waals surface area (Å²) in [5.74, 6) is 1.87. The highest BCUT2D eigenvalue weighted by molar-refractivity contribution is 7.91. The van der Waals surface area contributed by atoms with E-state index in [-0.39, 0.29) is 23.1 Å². The quantitative estimate of drug-likeness (QED) is 0.415. The number of morpholine rings is 1. The van der Waals surface area contributed by atoms with E-state index in [1.165, 1.54) is 23.3 Å². The smallest absolute Gasteiger partial charge is 0.230 e. The Morgan fingerprint density at radius 1 is 1.02 bits per heavy atom. The fourth-order valence-corrected chi connectivity index (χ4v) is 9.47. The summed E-state index contributed by atoms with van der Waals surface area (Å²) in [5.41, 5.74) is 1.88. The molecule has 6 heterocycles. The molecular formula is C29H41N7O4S2. The Bertz CT molecular complexity index is 1520. The van der Waals surface area contributed by atoms with Crippen LogP contribution in [0.15, 0.2) is 12.4 Å². The first kappa shape index (κ1) is 28.5. The van der Waals surface area contributed by atoms with E-state index in [0.29, 0.717) is 37.5 Å². The molecule has 3 aromatic heterocycles. The Morgan fingerprint density at radius 3 is 2.55 bits per heavy atom. The van der Waals surface area contributed by atoms with E-state index in [2.05, 4.69) is 34.5 Å². The topological polar surface area (TPSA) is 124 Å². The number of aromatic nitrogens is 4. The number of thiophene rings is 1. The van der Waals surface area contributed by atoms with E-state index in [4.69, 9.17) is 19.4 Å². The number of hydrogen-bond donors (Lipinski definition) is 2. The summed E-state index contributed by atoms with van der Waals surface area (Å²) in [4.78, 5) is 14.8. The molecule has 2 N–H and O–H groups in total. The van der Waals surface area contributed by atoms with Crippen LogP contribution >= 0.6 is 11.3 Å². The van der Waals surface area contributed by atoms with Crippen molar-refractivity contribution < 1.29 is 17.9 Å². The second-order valence-electron chi connectivity index (χ2n) is 12.8. The molecule has 0 unspecified atom stereocenters. The molecule has 0 spiro atoms. The van der Waals surface area contributed by atoms with E-state index >= 15 is 0 Å². The summed E-state index contributed by atoms with van der Waals surface area (Å²) >= 11 is 1.70. The molecule has 0 aromatic carbocycles. The zero-order valence-corrected chi connectivity index (χ0v) is 26.1. The van der Waals surface area contributed by atoms with Crippen LogP contribution in [0.5, 0.6) is 0 Å². The fourth-order valence-electron chi connectivity index (χ4n) is 6.90. The van der Waals surface area contributed by atoms with Crippen molar-refractivity contribution in [1.29, 1.82) is 0 Å². The van der Waals surface area contributed by atoms with Crippen LogP contribution in [0.1, 0.15) is 68.9 Å². The van der Waals surface area contributed by atoms with E-state index in [1.54, 1.807) is 17.5 Å². The molecule has 3 fully saturated rings. The summed E-state index contributed by atoms with van der Waals surface area (Å²) < 4.78 is 37.3. The monoisotopic (exact) mass is 615 g/mol. The van der Waals surface area contributed by atoms with Crippen molar-refractivity contribution in [3.63, 3.8) is 0 Å². The molecule has 3 aromatic rings. The third-order valence-electron chi connectivity index (χ3n) is 9.29. The van der Waals surface area contributed by atoms with Crippen LogP contribution in [0, 0.1) is 0 Å². The molecule has 0 bridgehead atoms. The van der Waals surface area contributed by atoms with Crippen LogP contribution in [0.4, 0.5) is 17.5 Å². The average Bonchev–Trinajstić information content (AvgIpc) is 3.58. The highest BCUT2D eigenvalue weighted by Gasteiger charge is 2.33. The zero-order chi connectivity index (χ0) is 28.9. The molecule has 7 rings (SSSR count). The minimum atomic E-state index is -2.92. The van der Waals surface area contributed by atoms with Gasteiger partial charge in [-0.15, -0.1) is 11.3 Å². The lowest BCUT2D eigenvalue weighted by atomic mass is 9.89. The SMILES string of the molecule is CC1(C)Cc2c(sc3nc(Nc4cnn(C5CCS(=O)(=O)CC5)c4)nc(NC4CCC(N5CCOCC5)CC4)c23)CO1. The fraction of sp³-hybridized carbons (Fsp3) is 0.690. The van der Waals surface area contributed by atoms with Crippen LogP contribution in [-0.2, 0) is 32.3 Å². The summed E-state index contributed by atoms with van der Waals surface area (Å²) in [7, 11) is -2.92. The van der Waals surface area contributed by atoms with Gasteiger partial charge >= 0.3 is 0 Å².